The largest absolute Gasteiger partial charge is 0.351 e. The van der Waals surface area contributed by atoms with Gasteiger partial charge in [0.05, 0.1) is 6.20 Å². The first-order valence-corrected chi connectivity index (χ1v) is 7.53. The van der Waals surface area contributed by atoms with E-state index in [0.29, 0.717) is 12.2 Å². The molecule has 0 radical (unpaired) electrons. The molecule has 2 rings (SSSR count). The van der Waals surface area contributed by atoms with Crippen molar-refractivity contribution in [3.63, 3.8) is 0 Å². The zero-order valence-electron chi connectivity index (χ0n) is 11.7. The van der Waals surface area contributed by atoms with Crippen LogP contribution in [0.2, 0.25) is 0 Å². The van der Waals surface area contributed by atoms with Gasteiger partial charge in [-0.15, -0.1) is 0 Å². The molecule has 0 saturated carbocycles. The van der Waals surface area contributed by atoms with E-state index in [-0.39, 0.29) is 5.91 Å². The number of aromatic amines is 1. The fraction of sp³-hybridized carbons (Fsp3) is 0.429. The predicted octanol–water partition coefficient (Wildman–Crippen LogP) is 2.66. The molecule has 108 valence electrons. The van der Waals surface area contributed by atoms with Gasteiger partial charge in [-0.1, -0.05) is 0 Å². The maximum absolute atomic E-state index is 12.1. The number of amides is 1. The van der Waals surface area contributed by atoms with Crippen molar-refractivity contribution in [1.82, 2.24) is 20.1 Å². The van der Waals surface area contributed by atoms with Crippen molar-refractivity contribution in [3.05, 3.63) is 39.9 Å². The van der Waals surface area contributed by atoms with Gasteiger partial charge in [-0.05, 0) is 54.2 Å². The van der Waals surface area contributed by atoms with Crippen LogP contribution < -0.4 is 5.32 Å². The summed E-state index contributed by atoms with van der Waals surface area (Å²) in [5.41, 5.74) is 3.00. The average molecular weight is 339 g/mol. The van der Waals surface area contributed by atoms with Gasteiger partial charge in [-0.2, -0.15) is 5.10 Å². The van der Waals surface area contributed by atoms with Crippen LogP contribution in [0.4, 0.5) is 0 Å². The summed E-state index contributed by atoms with van der Waals surface area (Å²) in [6.45, 7) is 5.47. The summed E-state index contributed by atoms with van der Waals surface area (Å²) in [5, 5.41) is 9.86. The van der Waals surface area contributed by atoms with Gasteiger partial charge in [-0.3, -0.25) is 9.89 Å². The van der Waals surface area contributed by atoms with Gasteiger partial charge >= 0.3 is 0 Å². The molecule has 1 amide bonds. The van der Waals surface area contributed by atoms with Gasteiger partial charge < -0.3 is 9.88 Å². The van der Waals surface area contributed by atoms with E-state index in [4.69, 9.17) is 0 Å². The van der Waals surface area contributed by atoms with Crippen molar-refractivity contribution in [1.29, 1.82) is 0 Å². The normalized spacial score (nSPS) is 10.8. The number of aryl methyl sites for hydroxylation is 3. The summed E-state index contributed by atoms with van der Waals surface area (Å²) in [7, 11) is 0. The third-order valence-corrected chi connectivity index (χ3v) is 3.71. The SMILES string of the molecule is CCn1cc(Br)cc1C(=O)NCCCc1cn[nH]c1C. The van der Waals surface area contributed by atoms with Crippen LogP contribution in [0.5, 0.6) is 0 Å². The first kappa shape index (κ1) is 14.8. The number of aromatic nitrogens is 3. The molecule has 0 fully saturated rings. The van der Waals surface area contributed by atoms with Crippen LogP contribution in [0.25, 0.3) is 0 Å². The second kappa shape index (κ2) is 6.74. The van der Waals surface area contributed by atoms with Crippen LogP contribution in [0.15, 0.2) is 22.9 Å². The number of hydrogen-bond donors (Lipinski definition) is 2. The van der Waals surface area contributed by atoms with E-state index in [2.05, 4.69) is 31.4 Å². The second-order valence-corrected chi connectivity index (χ2v) is 5.62. The lowest BCUT2D eigenvalue weighted by atomic mass is 10.1. The summed E-state index contributed by atoms with van der Waals surface area (Å²) in [6, 6.07) is 1.85. The minimum absolute atomic E-state index is 0.0264. The third kappa shape index (κ3) is 3.50. The lowest BCUT2D eigenvalue weighted by Gasteiger charge is -2.07. The highest BCUT2D eigenvalue weighted by Crippen LogP contribution is 2.15. The molecular weight excluding hydrogens is 320 g/mol. The number of carbonyl (C=O) groups excluding carboxylic acids is 1. The maximum atomic E-state index is 12.1. The van der Waals surface area contributed by atoms with Crippen LogP contribution in [-0.2, 0) is 13.0 Å². The van der Waals surface area contributed by atoms with Gasteiger partial charge in [0, 0.05) is 29.5 Å². The van der Waals surface area contributed by atoms with Crippen molar-refractivity contribution in [2.75, 3.05) is 6.54 Å². The van der Waals surface area contributed by atoms with E-state index in [1.165, 1.54) is 5.56 Å². The fourth-order valence-corrected chi connectivity index (χ4v) is 2.59. The Bertz CT molecular complexity index is 588. The van der Waals surface area contributed by atoms with Gasteiger partial charge in [0.1, 0.15) is 5.69 Å². The predicted molar refractivity (Wildman–Crippen MR) is 81.8 cm³/mol. The van der Waals surface area contributed by atoms with E-state index in [9.17, 15) is 4.79 Å². The summed E-state index contributed by atoms with van der Waals surface area (Å²) in [5.74, 6) is -0.0264. The topological polar surface area (TPSA) is 62.7 Å². The molecule has 2 heterocycles. The Kier molecular flexibility index (Phi) is 5.00. The summed E-state index contributed by atoms with van der Waals surface area (Å²) >= 11 is 3.40. The lowest BCUT2D eigenvalue weighted by molar-refractivity contribution is 0.0944. The Labute approximate surface area is 126 Å². The van der Waals surface area contributed by atoms with E-state index < -0.39 is 0 Å². The molecule has 0 aliphatic carbocycles. The first-order valence-electron chi connectivity index (χ1n) is 6.74. The fourth-order valence-electron chi connectivity index (χ4n) is 2.13. The molecule has 5 nitrogen and oxygen atoms in total. The molecule has 0 unspecified atom stereocenters. The van der Waals surface area contributed by atoms with E-state index >= 15 is 0 Å². The highest BCUT2D eigenvalue weighted by Gasteiger charge is 2.11. The molecule has 0 aliphatic rings. The van der Waals surface area contributed by atoms with Crippen LogP contribution in [0.1, 0.15) is 35.1 Å². The molecule has 2 N–H and O–H groups in total. The van der Waals surface area contributed by atoms with Crippen LogP contribution in [-0.4, -0.2) is 27.2 Å². The van der Waals surface area contributed by atoms with Gasteiger partial charge in [0.25, 0.3) is 5.91 Å². The molecule has 2 aromatic heterocycles. The third-order valence-electron chi connectivity index (χ3n) is 3.28. The van der Waals surface area contributed by atoms with Crippen molar-refractivity contribution in [3.8, 4) is 0 Å². The first-order chi connectivity index (χ1) is 9.61. The zero-order valence-corrected chi connectivity index (χ0v) is 13.3. The number of rotatable bonds is 6. The maximum Gasteiger partial charge on any atom is 0.267 e. The minimum atomic E-state index is -0.0264. The molecule has 0 spiro atoms. The smallest absolute Gasteiger partial charge is 0.267 e. The van der Waals surface area contributed by atoms with E-state index in [0.717, 1.165) is 29.6 Å². The van der Waals surface area contributed by atoms with E-state index in [1.54, 1.807) is 0 Å². The Balaban J connectivity index is 1.82. The lowest BCUT2D eigenvalue weighted by Crippen LogP contribution is -2.26. The van der Waals surface area contributed by atoms with Crippen molar-refractivity contribution in [2.24, 2.45) is 0 Å². The molecule has 0 aliphatic heterocycles. The summed E-state index contributed by atoms with van der Waals surface area (Å²) in [4.78, 5) is 12.1. The molecule has 0 saturated heterocycles. The number of halogens is 1. The number of H-pyrrole nitrogens is 1. The Morgan fingerprint density at radius 1 is 1.55 bits per heavy atom. The van der Waals surface area contributed by atoms with Gasteiger partial charge in [0.15, 0.2) is 0 Å². The second-order valence-electron chi connectivity index (χ2n) is 4.71. The Hall–Kier alpha value is -1.56. The van der Waals surface area contributed by atoms with Gasteiger partial charge in [-0.25, -0.2) is 0 Å². The molecule has 6 heteroatoms. The van der Waals surface area contributed by atoms with Crippen LogP contribution >= 0.6 is 15.9 Å². The number of carbonyl (C=O) groups is 1. The molecular formula is C14H19BrN4O. The standard InChI is InChI=1S/C14H19BrN4O/c1-3-19-9-12(15)7-13(19)14(20)16-6-4-5-11-8-17-18-10(11)2/h7-9H,3-6H2,1-2H3,(H,16,20)(H,17,18). The number of nitrogens with one attached hydrogen (secondary N) is 2. The molecule has 0 atom stereocenters. The van der Waals surface area contributed by atoms with E-state index in [1.807, 2.05) is 36.9 Å². The van der Waals surface area contributed by atoms with Crippen LogP contribution in [0, 0.1) is 6.92 Å². The van der Waals surface area contributed by atoms with Crippen molar-refractivity contribution in [2.45, 2.75) is 33.2 Å². The van der Waals surface area contributed by atoms with Gasteiger partial charge in [0.2, 0.25) is 0 Å². The van der Waals surface area contributed by atoms with Crippen molar-refractivity contribution < 1.29 is 4.79 Å². The zero-order chi connectivity index (χ0) is 14.5. The number of hydrogen-bond acceptors (Lipinski definition) is 2. The summed E-state index contributed by atoms with van der Waals surface area (Å²) < 4.78 is 2.86. The molecule has 0 bridgehead atoms. The Morgan fingerprint density at radius 3 is 3.00 bits per heavy atom. The number of nitrogens with zero attached hydrogens (tertiary/aromatic N) is 2. The molecule has 20 heavy (non-hydrogen) atoms. The highest BCUT2D eigenvalue weighted by molar-refractivity contribution is 9.10. The monoisotopic (exact) mass is 338 g/mol. The van der Waals surface area contributed by atoms with Crippen molar-refractivity contribution >= 4 is 21.8 Å². The minimum Gasteiger partial charge on any atom is -0.351 e. The highest BCUT2D eigenvalue weighted by atomic mass is 79.9. The summed E-state index contributed by atoms with van der Waals surface area (Å²) in [6.07, 6.45) is 5.58. The quantitative estimate of drug-likeness (QED) is 0.795. The molecule has 2 aromatic rings. The van der Waals surface area contributed by atoms with Crippen LogP contribution in [0.3, 0.4) is 0 Å². The molecule has 0 aromatic carbocycles. The average Bonchev–Trinajstić information content (AvgIpc) is 3.00. The Morgan fingerprint density at radius 2 is 2.35 bits per heavy atom.